The van der Waals surface area contributed by atoms with Crippen molar-refractivity contribution in [3.63, 3.8) is 0 Å². The molecule has 0 bridgehead atoms. The van der Waals surface area contributed by atoms with Crippen molar-refractivity contribution in [2.45, 2.75) is 130 Å². The van der Waals surface area contributed by atoms with Gasteiger partial charge in [0.2, 0.25) is 5.88 Å². The van der Waals surface area contributed by atoms with Crippen molar-refractivity contribution in [2.75, 3.05) is 13.2 Å². The molecule has 0 spiro atoms. The number of hydrogen-bond acceptors (Lipinski definition) is 4. The average Bonchev–Trinajstić information content (AvgIpc) is 2.93. The zero-order valence-electron chi connectivity index (χ0n) is 24.2. The average molecular weight is 511 g/mol. The summed E-state index contributed by atoms with van der Waals surface area (Å²) in [6, 6.07) is 8.17. The van der Waals surface area contributed by atoms with Gasteiger partial charge in [-0.25, -0.2) is 9.97 Å². The number of nitrogens with zero attached hydrogens (tertiary/aromatic N) is 2. The van der Waals surface area contributed by atoms with Crippen molar-refractivity contribution in [1.82, 2.24) is 9.97 Å². The second-order valence-corrected chi connectivity index (χ2v) is 10.7. The van der Waals surface area contributed by atoms with E-state index in [9.17, 15) is 0 Å². The molecular formula is C33H54N2O2. The van der Waals surface area contributed by atoms with Gasteiger partial charge in [0.05, 0.1) is 31.3 Å². The minimum Gasteiger partial charge on any atom is -0.494 e. The summed E-state index contributed by atoms with van der Waals surface area (Å²) in [5.74, 6) is 2.40. The summed E-state index contributed by atoms with van der Waals surface area (Å²) in [5, 5.41) is 0. The molecule has 0 aliphatic rings. The summed E-state index contributed by atoms with van der Waals surface area (Å²) in [5.41, 5.74) is 1.90. The highest BCUT2D eigenvalue weighted by Gasteiger charge is 2.04. The van der Waals surface area contributed by atoms with Gasteiger partial charge in [-0.05, 0) is 43.0 Å². The normalized spacial score (nSPS) is 12.0. The fourth-order valence-electron chi connectivity index (χ4n) is 4.55. The maximum Gasteiger partial charge on any atom is 0.232 e. The van der Waals surface area contributed by atoms with Crippen LogP contribution in [0.5, 0.6) is 11.6 Å². The molecule has 1 heterocycles. The number of unbranched alkanes of at least 4 members (excludes halogenated alkanes) is 13. The second kappa shape index (κ2) is 20.9. The first-order valence-corrected chi connectivity index (χ1v) is 15.4. The Hall–Kier alpha value is -2.10. The van der Waals surface area contributed by atoms with Gasteiger partial charge < -0.3 is 9.47 Å². The highest BCUT2D eigenvalue weighted by atomic mass is 16.5. The number of hydrogen-bond donors (Lipinski definition) is 0. The maximum absolute atomic E-state index is 5.93. The lowest BCUT2D eigenvalue weighted by molar-refractivity contribution is 0.291. The van der Waals surface area contributed by atoms with E-state index in [1.54, 1.807) is 12.4 Å². The van der Waals surface area contributed by atoms with Gasteiger partial charge >= 0.3 is 0 Å². The zero-order valence-corrected chi connectivity index (χ0v) is 24.2. The van der Waals surface area contributed by atoms with Crippen molar-refractivity contribution < 1.29 is 9.47 Å². The number of benzene rings is 1. The first-order valence-electron chi connectivity index (χ1n) is 15.4. The largest absolute Gasteiger partial charge is 0.494 e. The topological polar surface area (TPSA) is 44.2 Å². The van der Waals surface area contributed by atoms with Crippen LogP contribution in [0.15, 0.2) is 36.7 Å². The molecule has 0 N–H and O–H groups in total. The third kappa shape index (κ3) is 15.0. The molecular weight excluding hydrogens is 456 g/mol. The Morgan fingerprint density at radius 1 is 0.622 bits per heavy atom. The van der Waals surface area contributed by atoms with E-state index in [0.717, 1.165) is 42.4 Å². The van der Waals surface area contributed by atoms with E-state index in [2.05, 4.69) is 42.9 Å². The summed E-state index contributed by atoms with van der Waals surface area (Å²) in [7, 11) is 0. The minimum absolute atomic E-state index is 0.608. The van der Waals surface area contributed by atoms with Crippen LogP contribution in [0.1, 0.15) is 130 Å². The standard InChI is InChI=1S/C33H54N2O2/c1-4-6-7-8-9-10-11-12-15-18-25-36-31-23-21-30(22-24-31)32-27-35-33(28-34-32)37-26-19-16-13-14-17-20-29(3)5-2/h21-24,27-29H,4-20,25-26H2,1-3H3/t29-/m0/s1. The number of ether oxygens (including phenoxy) is 2. The van der Waals surface area contributed by atoms with Crippen LogP contribution in [-0.2, 0) is 0 Å². The van der Waals surface area contributed by atoms with Crippen molar-refractivity contribution in [1.29, 1.82) is 0 Å². The molecule has 0 amide bonds. The SMILES string of the molecule is CCCCCCCCCCCCOc1ccc(-c2cnc(OCCCCCCC[C@@H](C)CC)cn2)cc1. The molecule has 2 aromatic rings. The molecule has 0 radical (unpaired) electrons. The molecule has 0 saturated heterocycles. The highest BCUT2D eigenvalue weighted by molar-refractivity contribution is 5.59. The van der Waals surface area contributed by atoms with Gasteiger partial charge in [-0.1, -0.05) is 117 Å². The van der Waals surface area contributed by atoms with E-state index in [4.69, 9.17) is 9.47 Å². The van der Waals surface area contributed by atoms with Gasteiger partial charge in [0.15, 0.2) is 0 Å². The molecule has 4 heteroatoms. The summed E-state index contributed by atoms with van der Waals surface area (Å²) < 4.78 is 11.7. The van der Waals surface area contributed by atoms with Crippen LogP contribution in [0, 0.1) is 5.92 Å². The van der Waals surface area contributed by atoms with Gasteiger partial charge in [0, 0.05) is 5.56 Å². The van der Waals surface area contributed by atoms with Crippen LogP contribution >= 0.6 is 0 Å². The Morgan fingerprint density at radius 3 is 1.76 bits per heavy atom. The molecule has 4 nitrogen and oxygen atoms in total. The van der Waals surface area contributed by atoms with E-state index in [1.165, 1.54) is 96.3 Å². The predicted octanol–water partition coefficient (Wildman–Crippen LogP) is 10.2. The molecule has 0 fully saturated rings. The molecule has 208 valence electrons. The van der Waals surface area contributed by atoms with Gasteiger partial charge in [-0.2, -0.15) is 0 Å². The number of aromatic nitrogens is 2. The van der Waals surface area contributed by atoms with Gasteiger partial charge in [0.1, 0.15) is 5.75 Å². The van der Waals surface area contributed by atoms with Crippen molar-refractivity contribution >= 4 is 0 Å². The van der Waals surface area contributed by atoms with Gasteiger partial charge in [-0.3, -0.25) is 0 Å². The van der Waals surface area contributed by atoms with E-state index in [0.29, 0.717) is 12.5 Å². The van der Waals surface area contributed by atoms with Crippen LogP contribution in [0.3, 0.4) is 0 Å². The van der Waals surface area contributed by atoms with E-state index >= 15 is 0 Å². The van der Waals surface area contributed by atoms with Crippen LogP contribution in [0.25, 0.3) is 11.3 Å². The molecule has 0 aliphatic carbocycles. The second-order valence-electron chi connectivity index (χ2n) is 10.7. The minimum atomic E-state index is 0.608. The Bertz CT molecular complexity index is 776. The van der Waals surface area contributed by atoms with Crippen LogP contribution in [0.2, 0.25) is 0 Å². The summed E-state index contributed by atoms with van der Waals surface area (Å²) in [4.78, 5) is 8.99. The monoisotopic (exact) mass is 510 g/mol. The Kier molecular flexibility index (Phi) is 17.6. The van der Waals surface area contributed by atoms with Gasteiger partial charge in [-0.15, -0.1) is 0 Å². The quantitative estimate of drug-likeness (QED) is 0.139. The molecule has 1 aromatic carbocycles. The van der Waals surface area contributed by atoms with Crippen molar-refractivity contribution in [3.05, 3.63) is 36.7 Å². The van der Waals surface area contributed by atoms with Crippen LogP contribution < -0.4 is 9.47 Å². The van der Waals surface area contributed by atoms with Crippen molar-refractivity contribution in [3.8, 4) is 22.9 Å². The molecule has 0 saturated carbocycles. The molecule has 1 aromatic heterocycles. The summed E-state index contributed by atoms with van der Waals surface area (Å²) in [6.45, 7) is 8.41. The molecule has 0 unspecified atom stereocenters. The fourth-order valence-corrected chi connectivity index (χ4v) is 4.55. The molecule has 1 atom stereocenters. The third-order valence-corrected chi connectivity index (χ3v) is 7.33. The molecule has 0 aliphatic heterocycles. The van der Waals surface area contributed by atoms with Gasteiger partial charge in [0.25, 0.3) is 0 Å². The van der Waals surface area contributed by atoms with E-state index in [-0.39, 0.29) is 0 Å². The van der Waals surface area contributed by atoms with Crippen molar-refractivity contribution in [2.24, 2.45) is 5.92 Å². The lowest BCUT2D eigenvalue weighted by Gasteiger charge is -2.09. The smallest absolute Gasteiger partial charge is 0.232 e. The Balaban J connectivity index is 1.53. The molecule has 37 heavy (non-hydrogen) atoms. The number of rotatable bonds is 23. The zero-order chi connectivity index (χ0) is 26.4. The first-order chi connectivity index (χ1) is 18.2. The first kappa shape index (κ1) is 31.1. The third-order valence-electron chi connectivity index (χ3n) is 7.33. The highest BCUT2D eigenvalue weighted by Crippen LogP contribution is 2.22. The van der Waals surface area contributed by atoms with Crippen LogP contribution in [0.4, 0.5) is 0 Å². The molecule has 2 rings (SSSR count). The van der Waals surface area contributed by atoms with Crippen LogP contribution in [-0.4, -0.2) is 23.2 Å². The van der Waals surface area contributed by atoms with E-state index < -0.39 is 0 Å². The maximum atomic E-state index is 5.93. The Morgan fingerprint density at radius 2 is 1.19 bits per heavy atom. The summed E-state index contributed by atoms with van der Waals surface area (Å²) in [6.07, 6.45) is 25.9. The summed E-state index contributed by atoms with van der Waals surface area (Å²) >= 11 is 0. The lowest BCUT2D eigenvalue weighted by Crippen LogP contribution is -2.00. The van der Waals surface area contributed by atoms with E-state index in [1.807, 2.05) is 12.1 Å². The fraction of sp³-hybridized carbons (Fsp3) is 0.697. The predicted molar refractivity (Wildman–Crippen MR) is 157 cm³/mol. The lowest BCUT2D eigenvalue weighted by atomic mass is 10.0. The Labute approximate surface area is 228 Å².